The van der Waals surface area contributed by atoms with E-state index in [4.69, 9.17) is 0 Å². The van der Waals surface area contributed by atoms with Crippen LogP contribution in [0.4, 0.5) is 5.82 Å². The molecule has 19 heavy (non-hydrogen) atoms. The highest BCUT2D eigenvalue weighted by atomic mass is 32.2. The van der Waals surface area contributed by atoms with Crippen molar-refractivity contribution in [3.8, 4) is 0 Å². The average molecular weight is 281 g/mol. The number of nitrogens with zero attached hydrogens (tertiary/aromatic N) is 3. The fraction of sp³-hybridized carbons (Fsp3) is 0.455. The first-order valence-corrected chi connectivity index (χ1v) is 7.89. The average Bonchev–Trinajstić information content (AvgIpc) is 2.77. The predicted molar refractivity (Wildman–Crippen MR) is 71.1 cm³/mol. The molecule has 1 aliphatic heterocycles. The largest absolute Gasteiger partial charge is 0.371 e. The Morgan fingerprint density at radius 3 is 2.95 bits per heavy atom. The molecule has 2 aromatic rings. The molecule has 0 fully saturated rings. The molecule has 1 aliphatic rings. The monoisotopic (exact) mass is 281 g/mol. The summed E-state index contributed by atoms with van der Waals surface area (Å²) in [6, 6.07) is 0. The van der Waals surface area contributed by atoms with Gasteiger partial charge >= 0.3 is 0 Å². The van der Waals surface area contributed by atoms with Crippen LogP contribution in [0.15, 0.2) is 11.1 Å². The summed E-state index contributed by atoms with van der Waals surface area (Å²) in [7, 11) is -1.72. The van der Waals surface area contributed by atoms with E-state index in [2.05, 4.69) is 20.7 Å². The molecule has 2 N–H and O–H groups in total. The van der Waals surface area contributed by atoms with Crippen molar-refractivity contribution in [2.45, 2.75) is 17.9 Å². The summed E-state index contributed by atoms with van der Waals surface area (Å²) >= 11 is 0. The van der Waals surface area contributed by atoms with Gasteiger partial charge in [0.25, 0.3) is 0 Å². The molecule has 0 saturated heterocycles. The van der Waals surface area contributed by atoms with Gasteiger partial charge in [-0.3, -0.25) is 0 Å². The molecule has 0 aliphatic carbocycles. The molecule has 0 bridgehead atoms. The lowest BCUT2D eigenvalue weighted by Crippen LogP contribution is -2.26. The Balaban J connectivity index is 2.39. The zero-order valence-electron chi connectivity index (χ0n) is 10.8. The van der Waals surface area contributed by atoms with Crippen molar-refractivity contribution in [2.75, 3.05) is 25.2 Å². The molecule has 7 nitrogen and oxygen atoms in total. The van der Waals surface area contributed by atoms with Gasteiger partial charge in [-0.25, -0.2) is 17.9 Å². The van der Waals surface area contributed by atoms with E-state index in [0.717, 1.165) is 30.8 Å². The number of rotatable bonds is 2. The van der Waals surface area contributed by atoms with Gasteiger partial charge < -0.3 is 10.6 Å². The molecule has 0 radical (unpaired) electrons. The topological polar surface area (TPSA) is 88.4 Å². The van der Waals surface area contributed by atoms with Crippen molar-refractivity contribution in [1.82, 2.24) is 19.9 Å². The van der Waals surface area contributed by atoms with Crippen LogP contribution in [0, 0.1) is 0 Å². The van der Waals surface area contributed by atoms with Crippen LogP contribution in [0.5, 0.6) is 0 Å². The maximum atomic E-state index is 11.9. The van der Waals surface area contributed by atoms with E-state index in [0.29, 0.717) is 11.5 Å². The Morgan fingerprint density at radius 1 is 1.47 bits per heavy atom. The normalized spacial score (nSPS) is 15.5. The van der Waals surface area contributed by atoms with Crippen molar-refractivity contribution in [3.05, 3.63) is 17.5 Å². The Hall–Kier alpha value is -1.67. The van der Waals surface area contributed by atoms with E-state index in [-0.39, 0.29) is 4.90 Å². The molecule has 3 rings (SSSR count). The molecule has 0 spiro atoms. The smallest absolute Gasteiger partial charge is 0.182 e. The van der Waals surface area contributed by atoms with Crippen LogP contribution in [0.25, 0.3) is 5.65 Å². The lowest BCUT2D eigenvalue weighted by Gasteiger charge is -2.16. The van der Waals surface area contributed by atoms with Gasteiger partial charge in [0, 0.05) is 44.6 Å². The van der Waals surface area contributed by atoms with Gasteiger partial charge in [-0.05, 0) is 0 Å². The molecular weight excluding hydrogens is 266 g/mol. The summed E-state index contributed by atoms with van der Waals surface area (Å²) in [6.07, 6.45) is 3.71. The fourth-order valence-electron chi connectivity index (χ4n) is 2.39. The number of nitrogens with one attached hydrogen (secondary N) is 2. The minimum Gasteiger partial charge on any atom is -0.371 e. The second kappa shape index (κ2) is 4.17. The molecule has 3 heterocycles. The van der Waals surface area contributed by atoms with E-state index < -0.39 is 9.84 Å². The SMILES string of the molecule is CNc1nn2c3c(cnc2c1S(C)(=O)=O)CNCC3. The number of sulfone groups is 1. The van der Waals surface area contributed by atoms with Crippen molar-refractivity contribution in [3.63, 3.8) is 0 Å². The van der Waals surface area contributed by atoms with Gasteiger partial charge in [-0.1, -0.05) is 0 Å². The summed E-state index contributed by atoms with van der Waals surface area (Å²) in [5.41, 5.74) is 2.48. The highest BCUT2D eigenvalue weighted by molar-refractivity contribution is 7.91. The summed E-state index contributed by atoms with van der Waals surface area (Å²) in [5.74, 6) is 0.349. The van der Waals surface area contributed by atoms with Crippen molar-refractivity contribution >= 4 is 21.3 Å². The van der Waals surface area contributed by atoms with Crippen LogP contribution in [0.3, 0.4) is 0 Å². The number of fused-ring (bicyclic) bond motifs is 3. The van der Waals surface area contributed by atoms with Gasteiger partial charge in [0.2, 0.25) is 0 Å². The number of aromatic nitrogens is 3. The first-order chi connectivity index (χ1) is 9.02. The maximum Gasteiger partial charge on any atom is 0.182 e. The summed E-state index contributed by atoms with van der Waals surface area (Å²) in [4.78, 5) is 4.43. The van der Waals surface area contributed by atoms with Gasteiger partial charge in [-0.2, -0.15) is 0 Å². The summed E-state index contributed by atoms with van der Waals surface area (Å²) in [5, 5.41) is 10.4. The van der Waals surface area contributed by atoms with Gasteiger partial charge in [0.1, 0.15) is 0 Å². The number of anilines is 1. The molecule has 8 heteroatoms. The molecule has 0 amide bonds. The molecule has 2 aromatic heterocycles. The van der Waals surface area contributed by atoms with Crippen molar-refractivity contribution in [2.24, 2.45) is 0 Å². The summed E-state index contributed by atoms with van der Waals surface area (Å²) < 4.78 is 25.5. The highest BCUT2D eigenvalue weighted by Crippen LogP contribution is 2.26. The van der Waals surface area contributed by atoms with E-state index in [1.807, 2.05) is 0 Å². The third-order valence-corrected chi connectivity index (χ3v) is 4.37. The van der Waals surface area contributed by atoms with Crippen LogP contribution in [-0.4, -0.2) is 42.9 Å². The number of hydrogen-bond acceptors (Lipinski definition) is 6. The molecular formula is C11H15N5O2S. The molecule has 0 atom stereocenters. The van der Waals surface area contributed by atoms with Crippen molar-refractivity contribution < 1.29 is 8.42 Å². The maximum absolute atomic E-state index is 11.9. The highest BCUT2D eigenvalue weighted by Gasteiger charge is 2.25. The predicted octanol–water partition coefficient (Wildman–Crippen LogP) is -0.180. The molecule has 0 unspecified atom stereocenters. The zero-order valence-corrected chi connectivity index (χ0v) is 11.6. The first-order valence-electron chi connectivity index (χ1n) is 6.00. The second-order valence-electron chi connectivity index (χ2n) is 4.59. The lowest BCUT2D eigenvalue weighted by molar-refractivity contribution is 0.602. The van der Waals surface area contributed by atoms with Crippen LogP contribution >= 0.6 is 0 Å². The van der Waals surface area contributed by atoms with Crippen LogP contribution in [0.2, 0.25) is 0 Å². The standard InChI is InChI=1S/C11H15N5O2S/c1-12-10-9(19(2,17)18)11-14-6-7-5-13-4-3-8(7)16(11)15-10/h6,13H,3-5H2,1-2H3,(H,12,15). The fourth-order valence-corrected chi connectivity index (χ4v) is 3.36. The van der Waals surface area contributed by atoms with Gasteiger partial charge in [0.05, 0.1) is 5.69 Å². The lowest BCUT2D eigenvalue weighted by atomic mass is 10.1. The second-order valence-corrected chi connectivity index (χ2v) is 6.54. The quantitative estimate of drug-likeness (QED) is 0.794. The Labute approximate surface area is 111 Å². The van der Waals surface area contributed by atoms with E-state index in [1.165, 1.54) is 6.26 Å². The summed E-state index contributed by atoms with van der Waals surface area (Å²) in [6.45, 7) is 1.59. The van der Waals surface area contributed by atoms with Crippen LogP contribution in [0.1, 0.15) is 11.3 Å². The third-order valence-electron chi connectivity index (χ3n) is 3.25. The zero-order chi connectivity index (χ0) is 13.6. The molecule has 102 valence electrons. The minimum absolute atomic E-state index is 0.163. The Bertz CT molecular complexity index is 750. The molecule has 0 aromatic carbocycles. The van der Waals surface area contributed by atoms with Crippen LogP contribution < -0.4 is 10.6 Å². The first kappa shape index (κ1) is 12.4. The van der Waals surface area contributed by atoms with E-state index in [1.54, 1.807) is 17.8 Å². The Kier molecular flexibility index (Phi) is 2.72. The van der Waals surface area contributed by atoms with Gasteiger partial charge in [-0.15, -0.1) is 5.10 Å². The number of hydrogen-bond donors (Lipinski definition) is 2. The minimum atomic E-state index is -3.38. The van der Waals surface area contributed by atoms with E-state index >= 15 is 0 Å². The van der Waals surface area contributed by atoms with E-state index in [9.17, 15) is 8.42 Å². The van der Waals surface area contributed by atoms with Crippen LogP contribution in [-0.2, 0) is 22.8 Å². The van der Waals surface area contributed by atoms with Gasteiger partial charge in [0.15, 0.2) is 26.2 Å². The molecule has 0 saturated carbocycles. The van der Waals surface area contributed by atoms with Crippen molar-refractivity contribution in [1.29, 1.82) is 0 Å². The third kappa shape index (κ3) is 1.87. The Morgan fingerprint density at radius 2 is 2.26 bits per heavy atom.